The lowest BCUT2D eigenvalue weighted by Crippen LogP contribution is -2.03. The predicted octanol–water partition coefficient (Wildman–Crippen LogP) is 1.67. The Kier molecular flexibility index (Phi) is 5.08. The fourth-order valence-corrected chi connectivity index (χ4v) is 3.60. The van der Waals surface area contributed by atoms with E-state index in [0.717, 1.165) is 57.2 Å². The van der Waals surface area contributed by atoms with Crippen molar-refractivity contribution < 1.29 is 10.2 Å². The quantitative estimate of drug-likeness (QED) is 0.376. The van der Waals surface area contributed by atoms with Crippen LogP contribution in [0.3, 0.4) is 0 Å². The van der Waals surface area contributed by atoms with Gasteiger partial charge in [0.2, 0.25) is 0 Å². The van der Waals surface area contributed by atoms with Crippen LogP contribution in [0.2, 0.25) is 0 Å². The highest BCUT2D eigenvalue weighted by Gasteiger charge is 2.17. The molecule has 27 heavy (non-hydrogen) atoms. The first-order chi connectivity index (χ1) is 13.3. The molecule has 2 aromatic carbocycles. The van der Waals surface area contributed by atoms with Crippen molar-refractivity contribution in [3.05, 3.63) is 46.5 Å². The topological polar surface area (TPSA) is 124 Å². The molecule has 8 heteroatoms. The first-order valence-electron chi connectivity index (χ1n) is 9.16. The fourth-order valence-electron chi connectivity index (χ4n) is 3.60. The van der Waals surface area contributed by atoms with Gasteiger partial charge in [0.1, 0.15) is 22.1 Å². The minimum Gasteiger partial charge on any atom is -0.396 e. The summed E-state index contributed by atoms with van der Waals surface area (Å²) in [6.07, 6.45) is 3.59. The molecule has 0 aliphatic heterocycles. The number of aromatic nitrogens is 6. The molecule has 4 N–H and O–H groups in total. The summed E-state index contributed by atoms with van der Waals surface area (Å²) in [6.45, 7) is 0.299. The molecule has 0 bridgehead atoms. The summed E-state index contributed by atoms with van der Waals surface area (Å²) >= 11 is 0. The number of nitrogens with zero attached hydrogens (tertiary/aromatic N) is 4. The molecule has 8 nitrogen and oxygen atoms in total. The lowest BCUT2D eigenvalue weighted by atomic mass is 9.91. The standard InChI is InChI=1S/C19H22N6O2/c26-9-1-3-12-5-7-16-18(22-24-20-16)14(12)11-15-13(4-2-10-27)6-8-17-19(15)23-25-21-17/h5-8,26-27H,1-4,9-11H2,(H,20,22,24)(H,21,23,25). The third kappa shape index (κ3) is 3.41. The second kappa shape index (κ2) is 7.81. The number of hydrogen-bond donors (Lipinski definition) is 4. The molecule has 0 aliphatic rings. The van der Waals surface area contributed by atoms with E-state index >= 15 is 0 Å². The van der Waals surface area contributed by atoms with Crippen molar-refractivity contribution in [2.24, 2.45) is 0 Å². The van der Waals surface area contributed by atoms with Crippen LogP contribution in [0.15, 0.2) is 24.3 Å². The Morgan fingerprint density at radius 1 is 0.667 bits per heavy atom. The maximum absolute atomic E-state index is 9.26. The summed E-state index contributed by atoms with van der Waals surface area (Å²) in [7, 11) is 0. The van der Waals surface area contributed by atoms with Crippen molar-refractivity contribution in [2.75, 3.05) is 13.2 Å². The summed E-state index contributed by atoms with van der Waals surface area (Å²) in [6, 6.07) is 8.04. The summed E-state index contributed by atoms with van der Waals surface area (Å²) in [5.74, 6) is 0. The van der Waals surface area contributed by atoms with Crippen LogP contribution >= 0.6 is 0 Å². The fraction of sp³-hybridized carbons (Fsp3) is 0.368. The van der Waals surface area contributed by atoms with Crippen LogP contribution in [0.4, 0.5) is 0 Å². The maximum atomic E-state index is 9.26. The summed E-state index contributed by atoms with van der Waals surface area (Å²) < 4.78 is 0. The van der Waals surface area contributed by atoms with Crippen LogP contribution in [0, 0.1) is 0 Å². The average molecular weight is 366 g/mol. The number of aromatic amines is 2. The highest BCUT2D eigenvalue weighted by molar-refractivity contribution is 5.83. The molecule has 0 saturated carbocycles. The molecule has 0 unspecified atom stereocenters. The van der Waals surface area contributed by atoms with E-state index in [1.54, 1.807) is 0 Å². The number of aliphatic hydroxyl groups excluding tert-OH is 2. The van der Waals surface area contributed by atoms with Crippen molar-refractivity contribution in [1.82, 2.24) is 30.8 Å². The van der Waals surface area contributed by atoms with Gasteiger partial charge in [0.05, 0.1) is 0 Å². The lowest BCUT2D eigenvalue weighted by Gasteiger charge is -2.13. The molecular weight excluding hydrogens is 344 g/mol. The van der Waals surface area contributed by atoms with Gasteiger partial charge in [-0.05, 0) is 60.1 Å². The van der Waals surface area contributed by atoms with E-state index in [0.29, 0.717) is 19.3 Å². The van der Waals surface area contributed by atoms with Gasteiger partial charge >= 0.3 is 0 Å². The van der Waals surface area contributed by atoms with Gasteiger partial charge in [-0.2, -0.15) is 30.8 Å². The minimum atomic E-state index is 0.150. The van der Waals surface area contributed by atoms with Crippen LogP contribution < -0.4 is 0 Å². The van der Waals surface area contributed by atoms with Crippen molar-refractivity contribution in [2.45, 2.75) is 32.1 Å². The van der Waals surface area contributed by atoms with E-state index in [1.807, 2.05) is 12.1 Å². The first kappa shape index (κ1) is 17.6. The Labute approximate surface area is 155 Å². The molecular formula is C19H22N6O2. The average Bonchev–Trinajstić information content (AvgIpc) is 3.35. The molecule has 0 fully saturated rings. The number of benzene rings is 2. The summed E-state index contributed by atoms with van der Waals surface area (Å²) in [5.41, 5.74) is 7.83. The molecule has 0 amide bonds. The van der Waals surface area contributed by atoms with E-state index < -0.39 is 0 Å². The molecule has 2 aromatic heterocycles. The van der Waals surface area contributed by atoms with Crippen molar-refractivity contribution in [1.29, 1.82) is 0 Å². The maximum Gasteiger partial charge on any atom is 0.116 e. The number of aryl methyl sites for hydroxylation is 2. The summed E-state index contributed by atoms with van der Waals surface area (Å²) in [4.78, 5) is 0. The molecule has 0 radical (unpaired) electrons. The predicted molar refractivity (Wildman–Crippen MR) is 101 cm³/mol. The van der Waals surface area contributed by atoms with Gasteiger partial charge in [-0.15, -0.1) is 0 Å². The van der Waals surface area contributed by atoms with E-state index in [4.69, 9.17) is 0 Å². The molecule has 2 heterocycles. The van der Waals surface area contributed by atoms with Gasteiger partial charge < -0.3 is 10.2 Å². The third-order valence-corrected chi connectivity index (χ3v) is 4.94. The van der Waals surface area contributed by atoms with Gasteiger partial charge in [0, 0.05) is 19.6 Å². The van der Waals surface area contributed by atoms with Crippen molar-refractivity contribution in [3.8, 4) is 0 Å². The van der Waals surface area contributed by atoms with Gasteiger partial charge in [-0.25, -0.2) is 0 Å². The van der Waals surface area contributed by atoms with Crippen LogP contribution in [0.5, 0.6) is 0 Å². The summed E-state index contributed by atoms with van der Waals surface area (Å²) in [5, 5.41) is 41.1. The third-order valence-electron chi connectivity index (χ3n) is 4.94. The minimum absolute atomic E-state index is 0.150. The number of hydrogen-bond acceptors (Lipinski definition) is 6. The number of H-pyrrole nitrogens is 2. The van der Waals surface area contributed by atoms with E-state index in [1.165, 1.54) is 0 Å². The second-order valence-electron chi connectivity index (χ2n) is 6.62. The molecule has 0 saturated heterocycles. The molecule has 4 rings (SSSR count). The van der Waals surface area contributed by atoms with E-state index in [-0.39, 0.29) is 13.2 Å². The largest absolute Gasteiger partial charge is 0.396 e. The van der Waals surface area contributed by atoms with Crippen molar-refractivity contribution in [3.63, 3.8) is 0 Å². The van der Waals surface area contributed by atoms with Crippen LogP contribution in [-0.2, 0) is 19.3 Å². The van der Waals surface area contributed by atoms with E-state index in [9.17, 15) is 10.2 Å². The Balaban J connectivity index is 1.83. The SMILES string of the molecule is OCCCc1ccc2n[nH]nc2c1Cc1c(CCCO)ccc2n[nH]nc12. The van der Waals surface area contributed by atoms with Crippen LogP contribution in [0.25, 0.3) is 22.1 Å². The van der Waals surface area contributed by atoms with Crippen molar-refractivity contribution >= 4 is 22.1 Å². The van der Waals surface area contributed by atoms with Gasteiger partial charge in [0.25, 0.3) is 0 Å². The Morgan fingerprint density at radius 2 is 1.15 bits per heavy atom. The number of rotatable bonds is 8. The molecule has 0 atom stereocenters. The van der Waals surface area contributed by atoms with Gasteiger partial charge in [-0.1, -0.05) is 12.1 Å². The normalized spacial score (nSPS) is 11.6. The smallest absolute Gasteiger partial charge is 0.116 e. The number of aliphatic hydroxyl groups is 2. The Bertz CT molecular complexity index is 971. The van der Waals surface area contributed by atoms with Gasteiger partial charge in [-0.3, -0.25) is 0 Å². The van der Waals surface area contributed by atoms with E-state index in [2.05, 4.69) is 43.0 Å². The first-order valence-corrected chi connectivity index (χ1v) is 9.16. The highest BCUT2D eigenvalue weighted by Crippen LogP contribution is 2.28. The zero-order chi connectivity index (χ0) is 18.6. The van der Waals surface area contributed by atoms with Crippen LogP contribution in [-0.4, -0.2) is 54.2 Å². The highest BCUT2D eigenvalue weighted by atomic mass is 16.3. The monoisotopic (exact) mass is 366 g/mol. The second-order valence-corrected chi connectivity index (χ2v) is 6.62. The van der Waals surface area contributed by atoms with Gasteiger partial charge in [0.15, 0.2) is 0 Å². The molecule has 0 aliphatic carbocycles. The Hall–Kier alpha value is -2.84. The zero-order valence-corrected chi connectivity index (χ0v) is 14.9. The zero-order valence-electron chi connectivity index (χ0n) is 14.9. The van der Waals surface area contributed by atoms with Crippen LogP contribution in [0.1, 0.15) is 35.1 Å². The number of nitrogens with one attached hydrogen (secondary N) is 2. The molecule has 140 valence electrons. The molecule has 0 spiro atoms. The lowest BCUT2D eigenvalue weighted by molar-refractivity contribution is 0.288. The Morgan fingerprint density at radius 3 is 1.59 bits per heavy atom. The molecule has 4 aromatic rings. The number of fused-ring (bicyclic) bond motifs is 2.